The Labute approximate surface area is 177 Å². The van der Waals surface area contributed by atoms with Crippen LogP contribution in [-0.2, 0) is 0 Å². The van der Waals surface area contributed by atoms with E-state index in [2.05, 4.69) is 35.2 Å². The van der Waals surface area contributed by atoms with E-state index < -0.39 is 12.2 Å². The summed E-state index contributed by atoms with van der Waals surface area (Å²) in [6.45, 7) is 2.89. The summed E-state index contributed by atoms with van der Waals surface area (Å²) in [5.41, 5.74) is 1.78. The molecule has 0 spiro atoms. The molecule has 3 aromatic carbocycles. The van der Waals surface area contributed by atoms with Crippen LogP contribution >= 0.6 is 0 Å². The quantitative estimate of drug-likeness (QED) is 0.563. The van der Waals surface area contributed by atoms with Crippen LogP contribution in [0.3, 0.4) is 0 Å². The van der Waals surface area contributed by atoms with Gasteiger partial charge in [-0.1, -0.05) is 48.5 Å². The highest BCUT2D eigenvalue weighted by molar-refractivity contribution is 5.83. The third-order valence-corrected chi connectivity index (χ3v) is 6.40. The molecule has 158 valence electrons. The maximum atomic E-state index is 13.0. The monoisotopic (exact) mass is 407 g/mol. The summed E-state index contributed by atoms with van der Waals surface area (Å²) in [5, 5.41) is 23.6. The van der Waals surface area contributed by atoms with E-state index >= 15 is 0 Å². The van der Waals surface area contributed by atoms with Crippen LogP contribution in [-0.4, -0.2) is 34.7 Å². The molecule has 3 nitrogen and oxygen atoms in total. The molecule has 30 heavy (non-hydrogen) atoms. The predicted molar refractivity (Wildman–Crippen MR) is 119 cm³/mol. The van der Waals surface area contributed by atoms with E-state index in [9.17, 15) is 14.6 Å². The molecule has 2 atom stereocenters. The van der Waals surface area contributed by atoms with Crippen LogP contribution in [0.5, 0.6) is 0 Å². The first-order valence-corrected chi connectivity index (χ1v) is 10.9. The highest BCUT2D eigenvalue weighted by Crippen LogP contribution is 2.32. The number of aliphatic hydroxyl groups is 2. The molecule has 0 bridgehead atoms. The van der Waals surface area contributed by atoms with Gasteiger partial charge in [0.15, 0.2) is 0 Å². The lowest BCUT2D eigenvalue weighted by Gasteiger charge is -2.34. The number of benzene rings is 3. The molecule has 3 aromatic rings. The van der Waals surface area contributed by atoms with Crippen LogP contribution in [0.25, 0.3) is 10.8 Å². The van der Waals surface area contributed by atoms with Gasteiger partial charge < -0.3 is 15.1 Å². The first-order chi connectivity index (χ1) is 14.6. The minimum Gasteiger partial charge on any atom is -0.388 e. The molecule has 0 amide bonds. The largest absolute Gasteiger partial charge is 0.388 e. The van der Waals surface area contributed by atoms with Crippen LogP contribution in [0, 0.1) is 11.7 Å². The molecule has 2 unspecified atom stereocenters. The van der Waals surface area contributed by atoms with Gasteiger partial charge >= 0.3 is 0 Å². The summed E-state index contributed by atoms with van der Waals surface area (Å²) >= 11 is 0. The van der Waals surface area contributed by atoms with Gasteiger partial charge in [-0.2, -0.15) is 0 Å². The zero-order valence-corrected chi connectivity index (χ0v) is 17.3. The smallest absolute Gasteiger partial charge is 0.123 e. The molecule has 0 saturated carbocycles. The van der Waals surface area contributed by atoms with Crippen molar-refractivity contribution in [3.63, 3.8) is 0 Å². The third-order valence-electron chi connectivity index (χ3n) is 6.40. The Morgan fingerprint density at radius 3 is 2.27 bits per heavy atom. The van der Waals surface area contributed by atoms with Gasteiger partial charge in [-0.05, 0) is 91.3 Å². The summed E-state index contributed by atoms with van der Waals surface area (Å²) in [6.07, 6.45) is 2.57. The van der Waals surface area contributed by atoms with Crippen molar-refractivity contribution in [3.8, 4) is 0 Å². The summed E-state index contributed by atoms with van der Waals surface area (Å²) in [7, 11) is 0. The van der Waals surface area contributed by atoms with Gasteiger partial charge in [0.05, 0.1) is 12.2 Å². The maximum Gasteiger partial charge on any atom is 0.123 e. The van der Waals surface area contributed by atoms with Crippen molar-refractivity contribution < 1.29 is 14.6 Å². The maximum absolute atomic E-state index is 13.0. The van der Waals surface area contributed by atoms with Gasteiger partial charge in [-0.3, -0.25) is 0 Å². The fourth-order valence-electron chi connectivity index (χ4n) is 4.52. The second kappa shape index (κ2) is 9.69. The van der Waals surface area contributed by atoms with Crippen LogP contribution in [0.15, 0.2) is 66.7 Å². The van der Waals surface area contributed by atoms with Gasteiger partial charge in [-0.25, -0.2) is 4.39 Å². The Morgan fingerprint density at radius 2 is 1.53 bits per heavy atom. The van der Waals surface area contributed by atoms with Gasteiger partial charge in [0.1, 0.15) is 5.82 Å². The minimum absolute atomic E-state index is 0.278. The van der Waals surface area contributed by atoms with Gasteiger partial charge in [-0.15, -0.1) is 0 Å². The van der Waals surface area contributed by atoms with Gasteiger partial charge in [0, 0.05) is 0 Å². The first kappa shape index (κ1) is 21.0. The zero-order valence-electron chi connectivity index (χ0n) is 17.3. The van der Waals surface area contributed by atoms with Crippen molar-refractivity contribution in [3.05, 3.63) is 83.7 Å². The van der Waals surface area contributed by atoms with E-state index in [1.54, 1.807) is 12.1 Å². The van der Waals surface area contributed by atoms with Crippen LogP contribution in [0.1, 0.15) is 49.0 Å². The SMILES string of the molecule is OC(CCCN1CCC(C(O)c2ccc3ccccc3c2)CC1)c1ccc(F)cc1. The summed E-state index contributed by atoms with van der Waals surface area (Å²) in [6, 6.07) is 20.6. The van der Waals surface area contributed by atoms with Crippen molar-refractivity contribution in [2.24, 2.45) is 5.92 Å². The molecule has 1 aliphatic heterocycles. The fraction of sp³-hybridized carbons (Fsp3) is 0.385. The van der Waals surface area contributed by atoms with E-state index in [4.69, 9.17) is 0 Å². The molecule has 1 aliphatic rings. The van der Waals surface area contributed by atoms with Crippen molar-refractivity contribution in [1.82, 2.24) is 4.90 Å². The number of hydrogen-bond acceptors (Lipinski definition) is 3. The summed E-state index contributed by atoms with van der Waals surface area (Å²) in [4.78, 5) is 2.42. The Hall–Kier alpha value is -2.27. The molecule has 4 heteroatoms. The topological polar surface area (TPSA) is 43.7 Å². The predicted octanol–water partition coefficient (Wildman–Crippen LogP) is 5.24. The zero-order chi connectivity index (χ0) is 20.9. The van der Waals surface area contributed by atoms with E-state index in [0.717, 1.165) is 50.0 Å². The number of hydrogen-bond donors (Lipinski definition) is 2. The molecule has 1 saturated heterocycles. The number of halogens is 1. The van der Waals surface area contributed by atoms with E-state index in [1.807, 2.05) is 12.1 Å². The van der Waals surface area contributed by atoms with Crippen molar-refractivity contribution in [1.29, 1.82) is 0 Å². The third kappa shape index (κ3) is 5.07. The second-order valence-electron chi connectivity index (χ2n) is 8.44. The van der Waals surface area contributed by atoms with Crippen molar-refractivity contribution in [2.45, 2.75) is 37.9 Å². The number of nitrogens with zero attached hydrogens (tertiary/aromatic N) is 1. The average molecular weight is 408 g/mol. The molecule has 1 fully saturated rings. The summed E-state index contributed by atoms with van der Waals surface area (Å²) in [5.74, 6) is 0.00640. The van der Waals surface area contributed by atoms with E-state index in [-0.39, 0.29) is 11.7 Å². The number of likely N-dealkylation sites (tertiary alicyclic amines) is 1. The standard InChI is InChI=1S/C26H30FNO2/c27-24-11-9-20(10-12-24)25(29)6-3-15-28-16-13-21(14-17-28)26(30)23-8-7-19-4-1-2-5-22(19)18-23/h1-2,4-5,7-12,18,21,25-26,29-30H,3,6,13-17H2. The lowest BCUT2D eigenvalue weighted by atomic mass is 9.86. The van der Waals surface area contributed by atoms with Gasteiger partial charge in [0.25, 0.3) is 0 Å². The number of piperidine rings is 1. The summed E-state index contributed by atoms with van der Waals surface area (Å²) < 4.78 is 13.0. The Balaban J connectivity index is 1.23. The van der Waals surface area contributed by atoms with Gasteiger partial charge in [0.2, 0.25) is 0 Å². The van der Waals surface area contributed by atoms with Crippen LogP contribution in [0.4, 0.5) is 4.39 Å². The average Bonchev–Trinajstić information content (AvgIpc) is 2.79. The molecule has 0 aromatic heterocycles. The second-order valence-corrected chi connectivity index (χ2v) is 8.44. The van der Waals surface area contributed by atoms with E-state index in [0.29, 0.717) is 6.42 Å². The Kier molecular flexibility index (Phi) is 6.78. The van der Waals surface area contributed by atoms with Crippen molar-refractivity contribution >= 4 is 10.8 Å². The Morgan fingerprint density at radius 1 is 0.867 bits per heavy atom. The number of aliphatic hydroxyl groups excluding tert-OH is 2. The first-order valence-electron chi connectivity index (χ1n) is 10.9. The lowest BCUT2D eigenvalue weighted by molar-refractivity contribution is 0.0570. The fourth-order valence-corrected chi connectivity index (χ4v) is 4.52. The Bertz CT molecular complexity index is 951. The molecular formula is C26H30FNO2. The molecule has 4 rings (SSSR count). The minimum atomic E-state index is -0.544. The molecule has 1 heterocycles. The molecule has 0 aliphatic carbocycles. The number of rotatable bonds is 7. The molecular weight excluding hydrogens is 377 g/mol. The van der Waals surface area contributed by atoms with Crippen molar-refractivity contribution in [2.75, 3.05) is 19.6 Å². The highest BCUT2D eigenvalue weighted by atomic mass is 19.1. The molecule has 2 N–H and O–H groups in total. The number of fused-ring (bicyclic) bond motifs is 1. The van der Waals surface area contributed by atoms with Crippen LogP contribution in [0.2, 0.25) is 0 Å². The van der Waals surface area contributed by atoms with Crippen LogP contribution < -0.4 is 0 Å². The lowest BCUT2D eigenvalue weighted by Crippen LogP contribution is -2.36. The van der Waals surface area contributed by atoms with E-state index in [1.165, 1.54) is 22.9 Å². The normalized spacial score (nSPS) is 17.8. The highest BCUT2D eigenvalue weighted by Gasteiger charge is 2.26. The molecule has 0 radical (unpaired) electrons.